The van der Waals surface area contributed by atoms with Crippen LogP contribution in [-0.2, 0) is 17.5 Å². The van der Waals surface area contributed by atoms with Gasteiger partial charge < -0.3 is 10.3 Å². The summed E-state index contributed by atoms with van der Waals surface area (Å²) in [5.74, 6) is 1.16. The smallest absolute Gasteiger partial charge is 0.261 e. The van der Waals surface area contributed by atoms with Crippen molar-refractivity contribution in [2.75, 3.05) is 0 Å². The molecule has 0 atom stereocenters. The fraction of sp³-hybridized carbons (Fsp3) is 0.688. The molecule has 0 aromatic carbocycles. The molecular formula is C16H26ClN5O. The van der Waals surface area contributed by atoms with E-state index < -0.39 is 5.54 Å². The highest BCUT2D eigenvalue weighted by molar-refractivity contribution is 5.85. The molecular weight excluding hydrogens is 314 g/mol. The summed E-state index contributed by atoms with van der Waals surface area (Å²) in [7, 11) is 0. The fourth-order valence-corrected chi connectivity index (χ4v) is 3.24. The molecule has 0 saturated heterocycles. The summed E-state index contributed by atoms with van der Waals surface area (Å²) < 4.78 is 7.53. The molecule has 1 aliphatic carbocycles. The maximum atomic E-state index is 6.41. The fourth-order valence-electron chi connectivity index (χ4n) is 3.24. The van der Waals surface area contributed by atoms with E-state index in [1.807, 2.05) is 10.9 Å². The van der Waals surface area contributed by atoms with E-state index in [1.165, 1.54) is 0 Å². The van der Waals surface area contributed by atoms with Crippen LogP contribution in [0, 0.1) is 0 Å². The topological polar surface area (TPSA) is 82.8 Å². The van der Waals surface area contributed by atoms with Gasteiger partial charge in [-0.3, -0.25) is 4.68 Å². The molecule has 1 saturated carbocycles. The molecule has 6 nitrogen and oxygen atoms in total. The first-order chi connectivity index (χ1) is 10.3. The number of nitrogens with zero attached hydrogens (tertiary/aromatic N) is 4. The van der Waals surface area contributed by atoms with Crippen LogP contribution in [0.2, 0.25) is 0 Å². The molecule has 0 radical (unpaired) electrons. The van der Waals surface area contributed by atoms with Crippen molar-refractivity contribution in [3.63, 3.8) is 0 Å². The van der Waals surface area contributed by atoms with Gasteiger partial charge in [-0.05, 0) is 40.0 Å². The Morgan fingerprint density at radius 1 is 1.30 bits per heavy atom. The Kier molecular flexibility index (Phi) is 4.87. The highest BCUT2D eigenvalue weighted by atomic mass is 35.5. The Balaban J connectivity index is 0.00000192. The molecule has 0 aliphatic heterocycles. The van der Waals surface area contributed by atoms with Crippen LogP contribution in [0.1, 0.15) is 64.9 Å². The molecule has 1 aliphatic rings. The van der Waals surface area contributed by atoms with E-state index in [-0.39, 0.29) is 17.9 Å². The molecule has 7 heteroatoms. The summed E-state index contributed by atoms with van der Waals surface area (Å²) >= 11 is 0. The van der Waals surface area contributed by atoms with Crippen LogP contribution in [0.5, 0.6) is 0 Å². The van der Waals surface area contributed by atoms with Gasteiger partial charge in [0.05, 0.1) is 28.5 Å². The molecule has 0 amide bonds. The second kappa shape index (κ2) is 6.24. The third kappa shape index (κ3) is 3.15. The molecule has 0 bridgehead atoms. The average molecular weight is 340 g/mol. The molecule has 0 unspecified atom stereocenters. The second-order valence-corrected chi connectivity index (χ2v) is 7.23. The first kappa shape index (κ1) is 17.9. The lowest BCUT2D eigenvalue weighted by molar-refractivity contribution is 0.344. The molecule has 2 N–H and O–H groups in total. The van der Waals surface area contributed by atoms with Crippen molar-refractivity contribution in [1.29, 1.82) is 0 Å². The van der Waals surface area contributed by atoms with Gasteiger partial charge >= 0.3 is 0 Å². The van der Waals surface area contributed by atoms with E-state index in [1.54, 1.807) is 0 Å². The molecule has 23 heavy (non-hydrogen) atoms. The van der Waals surface area contributed by atoms with Crippen LogP contribution >= 0.6 is 12.4 Å². The Hall–Kier alpha value is -1.40. The minimum absolute atomic E-state index is 0. The number of rotatable bonds is 3. The zero-order valence-corrected chi connectivity index (χ0v) is 15.1. The molecule has 2 aromatic heterocycles. The van der Waals surface area contributed by atoms with Crippen molar-refractivity contribution < 1.29 is 4.52 Å². The molecule has 3 rings (SSSR count). The van der Waals surface area contributed by atoms with Gasteiger partial charge in [-0.15, -0.1) is 12.4 Å². The Morgan fingerprint density at radius 3 is 2.52 bits per heavy atom. The zero-order chi connectivity index (χ0) is 16.0. The van der Waals surface area contributed by atoms with Crippen LogP contribution in [-0.4, -0.2) is 19.9 Å². The first-order valence-corrected chi connectivity index (χ1v) is 8.06. The van der Waals surface area contributed by atoms with Crippen molar-refractivity contribution in [3.05, 3.63) is 17.7 Å². The lowest BCUT2D eigenvalue weighted by Gasteiger charge is -2.22. The van der Waals surface area contributed by atoms with Crippen molar-refractivity contribution in [2.45, 2.75) is 70.9 Å². The third-order valence-electron chi connectivity index (χ3n) is 4.44. The number of halogens is 1. The van der Waals surface area contributed by atoms with E-state index in [0.29, 0.717) is 11.7 Å². The minimum Gasteiger partial charge on any atom is -0.334 e. The minimum atomic E-state index is -0.422. The van der Waals surface area contributed by atoms with Crippen molar-refractivity contribution in [3.8, 4) is 11.5 Å². The monoisotopic (exact) mass is 339 g/mol. The van der Waals surface area contributed by atoms with Gasteiger partial charge in [-0.25, -0.2) is 0 Å². The van der Waals surface area contributed by atoms with Crippen LogP contribution in [0.4, 0.5) is 0 Å². The molecule has 0 spiro atoms. The lowest BCUT2D eigenvalue weighted by atomic mass is 9.98. The SMILES string of the molecule is CCc1c(-c2nc(C3(N)CCCC3)no2)cnn1C(C)(C)C.Cl. The van der Waals surface area contributed by atoms with Gasteiger partial charge in [0.2, 0.25) is 0 Å². The summed E-state index contributed by atoms with van der Waals surface area (Å²) in [6.45, 7) is 8.52. The van der Waals surface area contributed by atoms with E-state index in [9.17, 15) is 0 Å². The average Bonchev–Trinajstić information content (AvgIpc) is 3.15. The standard InChI is InChI=1S/C16H25N5O.ClH/c1-5-12-11(10-18-21(12)15(2,3)4)13-19-14(20-22-13)16(17)8-6-7-9-16;/h10H,5-9,17H2,1-4H3;1H. The predicted octanol–water partition coefficient (Wildman–Crippen LogP) is 3.40. The lowest BCUT2D eigenvalue weighted by Crippen LogP contribution is -2.34. The number of nitrogens with two attached hydrogens (primary N) is 1. The molecule has 1 fully saturated rings. The summed E-state index contributed by atoms with van der Waals surface area (Å²) in [5, 5.41) is 8.66. The van der Waals surface area contributed by atoms with Crippen molar-refractivity contribution in [1.82, 2.24) is 19.9 Å². The van der Waals surface area contributed by atoms with Gasteiger partial charge in [-0.2, -0.15) is 10.1 Å². The maximum Gasteiger partial charge on any atom is 0.261 e. The van der Waals surface area contributed by atoms with E-state index in [2.05, 4.69) is 42.9 Å². The van der Waals surface area contributed by atoms with Crippen LogP contribution in [0.3, 0.4) is 0 Å². The molecule has 2 heterocycles. The number of aromatic nitrogens is 4. The number of hydrogen-bond donors (Lipinski definition) is 1. The summed E-state index contributed by atoms with van der Waals surface area (Å²) in [4.78, 5) is 4.58. The Labute approximate surface area is 143 Å². The van der Waals surface area contributed by atoms with Crippen LogP contribution in [0.25, 0.3) is 11.5 Å². The van der Waals surface area contributed by atoms with Gasteiger partial charge in [-0.1, -0.05) is 24.9 Å². The predicted molar refractivity (Wildman–Crippen MR) is 91.5 cm³/mol. The Morgan fingerprint density at radius 2 is 1.96 bits per heavy atom. The molecule has 128 valence electrons. The van der Waals surface area contributed by atoms with E-state index >= 15 is 0 Å². The normalized spacial score (nSPS) is 17.3. The van der Waals surface area contributed by atoms with Gasteiger partial charge in [0.1, 0.15) is 0 Å². The third-order valence-corrected chi connectivity index (χ3v) is 4.44. The maximum absolute atomic E-state index is 6.41. The summed E-state index contributed by atoms with van der Waals surface area (Å²) in [6.07, 6.45) is 6.78. The summed E-state index contributed by atoms with van der Waals surface area (Å²) in [6, 6.07) is 0. The van der Waals surface area contributed by atoms with E-state index in [0.717, 1.165) is 43.4 Å². The Bertz CT molecular complexity index is 664. The van der Waals surface area contributed by atoms with E-state index in [4.69, 9.17) is 10.3 Å². The highest BCUT2D eigenvalue weighted by Crippen LogP contribution is 2.36. The zero-order valence-electron chi connectivity index (χ0n) is 14.3. The van der Waals surface area contributed by atoms with Gasteiger partial charge in [0.15, 0.2) is 5.82 Å². The van der Waals surface area contributed by atoms with Gasteiger partial charge in [0.25, 0.3) is 5.89 Å². The second-order valence-electron chi connectivity index (χ2n) is 7.23. The van der Waals surface area contributed by atoms with Crippen molar-refractivity contribution in [2.24, 2.45) is 5.73 Å². The van der Waals surface area contributed by atoms with Crippen LogP contribution in [0.15, 0.2) is 10.7 Å². The quantitative estimate of drug-likeness (QED) is 0.926. The van der Waals surface area contributed by atoms with Gasteiger partial charge in [0, 0.05) is 0 Å². The van der Waals surface area contributed by atoms with Crippen molar-refractivity contribution >= 4 is 12.4 Å². The molecule has 2 aromatic rings. The number of hydrogen-bond acceptors (Lipinski definition) is 5. The largest absolute Gasteiger partial charge is 0.334 e. The first-order valence-electron chi connectivity index (χ1n) is 8.06. The van der Waals surface area contributed by atoms with Crippen LogP contribution < -0.4 is 5.73 Å². The summed E-state index contributed by atoms with van der Waals surface area (Å²) in [5.41, 5.74) is 7.94. The highest BCUT2D eigenvalue weighted by Gasteiger charge is 2.36.